The Hall–Kier alpha value is -3.36. The molecule has 1 aliphatic heterocycles. The van der Waals surface area contributed by atoms with Gasteiger partial charge in [0, 0.05) is 29.8 Å². The van der Waals surface area contributed by atoms with Crippen molar-refractivity contribution in [1.82, 2.24) is 10.0 Å². The van der Waals surface area contributed by atoms with E-state index < -0.39 is 10.0 Å². The summed E-state index contributed by atoms with van der Waals surface area (Å²) in [5, 5.41) is 3.03. The molecule has 0 unspecified atom stereocenters. The Balaban J connectivity index is 1.39. The van der Waals surface area contributed by atoms with Gasteiger partial charge in [0.25, 0.3) is 0 Å². The summed E-state index contributed by atoms with van der Waals surface area (Å²) in [6.07, 6.45) is 4.46. The van der Waals surface area contributed by atoms with Gasteiger partial charge in [-0.25, -0.2) is 17.9 Å². The fourth-order valence-corrected chi connectivity index (χ4v) is 6.29. The highest BCUT2D eigenvalue weighted by molar-refractivity contribution is 7.89. The fourth-order valence-electron chi connectivity index (χ4n) is 5.56. The largest absolute Gasteiger partial charge is 0.496 e. The molecule has 0 saturated heterocycles. The minimum absolute atomic E-state index is 0.0200. The van der Waals surface area contributed by atoms with E-state index in [2.05, 4.69) is 34.3 Å². The SMILES string of the molecule is CNS(=O)(=O)c1ccc(CNC(=O)N2CC3(CCCC3)c3cc(-c4ccccc4OC)ccc32)cc1. The van der Waals surface area contributed by atoms with Crippen molar-refractivity contribution >= 4 is 21.7 Å². The molecule has 1 fully saturated rings. The Labute approximate surface area is 212 Å². The molecule has 5 rings (SSSR count). The Morgan fingerprint density at radius 1 is 1.03 bits per heavy atom. The Bertz CT molecular complexity index is 1380. The minimum atomic E-state index is -3.49. The summed E-state index contributed by atoms with van der Waals surface area (Å²) in [7, 11) is -0.420. The maximum Gasteiger partial charge on any atom is 0.322 e. The smallest absolute Gasteiger partial charge is 0.322 e. The number of nitrogens with zero attached hydrogens (tertiary/aromatic N) is 1. The molecule has 1 aliphatic carbocycles. The summed E-state index contributed by atoms with van der Waals surface area (Å²) in [5.41, 5.74) is 5.15. The zero-order valence-corrected chi connectivity index (χ0v) is 21.4. The fraction of sp³-hybridized carbons (Fsp3) is 0.321. The molecular formula is C28H31N3O4S. The van der Waals surface area contributed by atoms with E-state index >= 15 is 0 Å². The van der Waals surface area contributed by atoms with Gasteiger partial charge >= 0.3 is 6.03 Å². The molecule has 8 heteroatoms. The van der Waals surface area contributed by atoms with Gasteiger partial charge in [0.05, 0.1) is 12.0 Å². The van der Waals surface area contributed by atoms with Crippen LogP contribution in [0, 0.1) is 0 Å². The first-order valence-corrected chi connectivity index (χ1v) is 13.7. The van der Waals surface area contributed by atoms with Crippen LogP contribution < -0.4 is 19.7 Å². The molecule has 188 valence electrons. The number of rotatable bonds is 6. The number of carbonyl (C=O) groups excluding carboxylic acids is 1. The van der Waals surface area contributed by atoms with E-state index in [4.69, 9.17) is 4.74 Å². The average molecular weight is 506 g/mol. The van der Waals surface area contributed by atoms with E-state index in [-0.39, 0.29) is 16.3 Å². The molecular weight excluding hydrogens is 474 g/mol. The van der Waals surface area contributed by atoms with Crippen molar-refractivity contribution in [1.29, 1.82) is 0 Å². The lowest BCUT2D eigenvalue weighted by atomic mass is 9.80. The van der Waals surface area contributed by atoms with E-state index in [1.807, 2.05) is 23.1 Å². The Morgan fingerprint density at radius 2 is 1.75 bits per heavy atom. The van der Waals surface area contributed by atoms with Gasteiger partial charge in [-0.3, -0.25) is 4.90 Å². The molecule has 3 aromatic rings. The zero-order valence-electron chi connectivity index (χ0n) is 20.6. The number of nitrogens with one attached hydrogen (secondary N) is 2. The second-order valence-corrected chi connectivity index (χ2v) is 11.4. The van der Waals surface area contributed by atoms with Gasteiger partial charge in [0.2, 0.25) is 10.0 Å². The number of amides is 2. The van der Waals surface area contributed by atoms with Gasteiger partial charge in [-0.1, -0.05) is 49.2 Å². The highest BCUT2D eigenvalue weighted by Gasteiger charge is 2.46. The van der Waals surface area contributed by atoms with Crippen LogP contribution in [0.3, 0.4) is 0 Å². The molecule has 2 amide bonds. The molecule has 1 saturated carbocycles. The van der Waals surface area contributed by atoms with Crippen LogP contribution >= 0.6 is 0 Å². The van der Waals surface area contributed by atoms with Crippen LogP contribution in [0.15, 0.2) is 71.6 Å². The number of hydrogen-bond donors (Lipinski definition) is 2. The lowest BCUT2D eigenvalue weighted by Gasteiger charge is -2.25. The van der Waals surface area contributed by atoms with Crippen LogP contribution in [0.25, 0.3) is 11.1 Å². The van der Waals surface area contributed by atoms with Crippen LogP contribution in [0.2, 0.25) is 0 Å². The van der Waals surface area contributed by atoms with Gasteiger partial charge in [0.15, 0.2) is 0 Å². The molecule has 1 heterocycles. The first kappa shape index (κ1) is 24.3. The summed E-state index contributed by atoms with van der Waals surface area (Å²) >= 11 is 0. The maximum atomic E-state index is 13.3. The number of sulfonamides is 1. The van der Waals surface area contributed by atoms with Crippen molar-refractivity contribution in [3.63, 3.8) is 0 Å². The standard InChI is InChI=1S/C28H31N3O4S/c1-29-36(33,34)22-12-9-20(10-13-22)18-30-27(32)31-19-28(15-5-6-16-28)24-17-21(11-14-25(24)31)23-7-3-4-8-26(23)35-2/h3-4,7-14,17,29H,5-6,15-16,18-19H2,1-2H3,(H,30,32). The molecule has 0 aromatic heterocycles. The van der Waals surface area contributed by atoms with Gasteiger partial charge < -0.3 is 10.1 Å². The summed E-state index contributed by atoms with van der Waals surface area (Å²) < 4.78 is 31.8. The molecule has 0 atom stereocenters. The number of anilines is 1. The van der Waals surface area contributed by atoms with Crippen LogP contribution in [-0.2, 0) is 22.0 Å². The number of urea groups is 1. The maximum absolute atomic E-state index is 13.3. The molecule has 2 N–H and O–H groups in total. The predicted octanol–water partition coefficient (Wildman–Crippen LogP) is 4.81. The van der Waals surface area contributed by atoms with Crippen molar-refractivity contribution < 1.29 is 17.9 Å². The highest BCUT2D eigenvalue weighted by atomic mass is 32.2. The van der Waals surface area contributed by atoms with Crippen LogP contribution in [0.5, 0.6) is 5.75 Å². The third kappa shape index (κ3) is 4.35. The zero-order chi connectivity index (χ0) is 25.3. The first-order valence-electron chi connectivity index (χ1n) is 12.2. The summed E-state index contributed by atoms with van der Waals surface area (Å²) in [6, 6.07) is 20.8. The van der Waals surface area contributed by atoms with Gasteiger partial charge in [-0.15, -0.1) is 0 Å². The highest BCUT2D eigenvalue weighted by Crippen LogP contribution is 2.51. The van der Waals surface area contributed by atoms with Crippen molar-refractivity contribution in [3.8, 4) is 16.9 Å². The van der Waals surface area contributed by atoms with Crippen molar-refractivity contribution in [3.05, 3.63) is 77.9 Å². The van der Waals surface area contributed by atoms with E-state index in [1.165, 1.54) is 12.6 Å². The summed E-state index contributed by atoms with van der Waals surface area (Å²) in [4.78, 5) is 15.4. The van der Waals surface area contributed by atoms with E-state index in [9.17, 15) is 13.2 Å². The molecule has 36 heavy (non-hydrogen) atoms. The number of ether oxygens (including phenoxy) is 1. The van der Waals surface area contributed by atoms with Crippen molar-refractivity contribution in [2.45, 2.75) is 42.5 Å². The molecule has 1 spiro atoms. The molecule has 7 nitrogen and oxygen atoms in total. The number of methoxy groups -OCH3 is 1. The third-order valence-electron chi connectivity index (χ3n) is 7.49. The average Bonchev–Trinajstić information content (AvgIpc) is 3.52. The number of carbonyl (C=O) groups is 1. The van der Waals surface area contributed by atoms with Crippen LogP contribution in [-0.4, -0.2) is 35.2 Å². The summed E-state index contributed by atoms with van der Waals surface area (Å²) in [5.74, 6) is 0.832. The number of benzene rings is 3. The lowest BCUT2D eigenvalue weighted by Crippen LogP contribution is -2.41. The van der Waals surface area contributed by atoms with Crippen molar-refractivity contribution in [2.24, 2.45) is 0 Å². The van der Waals surface area contributed by atoms with E-state index in [0.717, 1.165) is 53.8 Å². The Kier molecular flexibility index (Phi) is 6.49. The molecule has 0 bridgehead atoms. The number of fused-ring (bicyclic) bond motifs is 2. The first-order chi connectivity index (χ1) is 17.4. The van der Waals surface area contributed by atoms with Crippen LogP contribution in [0.1, 0.15) is 36.8 Å². The van der Waals surface area contributed by atoms with Crippen molar-refractivity contribution in [2.75, 3.05) is 25.6 Å². The number of para-hydroxylation sites is 1. The number of hydrogen-bond acceptors (Lipinski definition) is 4. The summed E-state index contributed by atoms with van der Waals surface area (Å²) in [6.45, 7) is 0.986. The molecule has 0 radical (unpaired) electrons. The monoisotopic (exact) mass is 505 g/mol. The molecule has 2 aliphatic rings. The Morgan fingerprint density at radius 3 is 2.44 bits per heavy atom. The van der Waals surface area contributed by atoms with E-state index in [1.54, 1.807) is 31.4 Å². The van der Waals surface area contributed by atoms with E-state index in [0.29, 0.717) is 13.1 Å². The predicted molar refractivity (Wildman–Crippen MR) is 141 cm³/mol. The second-order valence-electron chi connectivity index (χ2n) is 9.52. The van der Waals surface area contributed by atoms with Gasteiger partial charge in [-0.05, 0) is 66.9 Å². The minimum Gasteiger partial charge on any atom is -0.496 e. The van der Waals surface area contributed by atoms with Gasteiger partial charge in [0.1, 0.15) is 5.75 Å². The van der Waals surface area contributed by atoms with Gasteiger partial charge in [-0.2, -0.15) is 0 Å². The quantitative estimate of drug-likeness (QED) is 0.503. The van der Waals surface area contributed by atoms with Crippen LogP contribution in [0.4, 0.5) is 10.5 Å². The third-order valence-corrected chi connectivity index (χ3v) is 8.92. The topological polar surface area (TPSA) is 87.7 Å². The second kappa shape index (κ2) is 9.59. The lowest BCUT2D eigenvalue weighted by molar-refractivity contribution is 0.245. The molecule has 3 aromatic carbocycles. The normalized spacial score (nSPS) is 16.2.